The summed E-state index contributed by atoms with van der Waals surface area (Å²) in [5, 5.41) is 0.280. The number of nitrogen functional groups attached to an aromatic ring is 1. The lowest BCUT2D eigenvalue weighted by atomic mass is 10.2. The lowest BCUT2D eigenvalue weighted by Crippen LogP contribution is -2.07. The smallest absolute Gasteiger partial charge is 0.340 e. The lowest BCUT2D eigenvalue weighted by Gasteiger charge is -2.07. The molecule has 0 atom stereocenters. The fourth-order valence-electron chi connectivity index (χ4n) is 1.59. The SMILES string of the molecule is Cc1cccc(COC(=O)c2ccc(N)cc2Cl)n1. The van der Waals surface area contributed by atoms with Crippen molar-refractivity contribution in [3.05, 3.63) is 58.4 Å². The highest BCUT2D eigenvalue weighted by atomic mass is 35.5. The molecule has 2 aromatic rings. The second-order valence-corrected chi connectivity index (χ2v) is 4.49. The normalized spacial score (nSPS) is 10.2. The van der Waals surface area contributed by atoms with Crippen molar-refractivity contribution in [1.82, 2.24) is 4.98 Å². The average molecular weight is 277 g/mol. The number of nitrogens with two attached hydrogens (primary N) is 1. The van der Waals surface area contributed by atoms with Gasteiger partial charge in [-0.25, -0.2) is 4.79 Å². The first kappa shape index (κ1) is 13.4. The predicted molar refractivity (Wildman–Crippen MR) is 74.0 cm³/mol. The first-order chi connectivity index (χ1) is 9.06. The van der Waals surface area contributed by atoms with Gasteiger partial charge in [0.25, 0.3) is 0 Å². The number of carbonyl (C=O) groups is 1. The molecule has 4 nitrogen and oxygen atoms in total. The van der Waals surface area contributed by atoms with Gasteiger partial charge in [0.1, 0.15) is 6.61 Å². The fourth-order valence-corrected chi connectivity index (χ4v) is 1.86. The van der Waals surface area contributed by atoms with E-state index in [1.807, 2.05) is 19.1 Å². The van der Waals surface area contributed by atoms with Crippen molar-refractivity contribution in [2.75, 3.05) is 5.73 Å². The van der Waals surface area contributed by atoms with Crippen LogP contribution in [-0.4, -0.2) is 11.0 Å². The summed E-state index contributed by atoms with van der Waals surface area (Å²) >= 11 is 5.93. The minimum absolute atomic E-state index is 0.112. The number of ether oxygens (including phenoxy) is 1. The Balaban J connectivity index is 2.05. The first-order valence-corrected chi connectivity index (χ1v) is 6.09. The molecule has 0 aliphatic rings. The predicted octanol–water partition coefficient (Wildman–Crippen LogP) is 2.98. The molecule has 98 valence electrons. The number of aryl methyl sites for hydroxylation is 1. The van der Waals surface area contributed by atoms with Gasteiger partial charge in [-0.15, -0.1) is 0 Å². The highest BCUT2D eigenvalue weighted by Crippen LogP contribution is 2.20. The molecule has 2 N–H and O–H groups in total. The summed E-state index contributed by atoms with van der Waals surface area (Å²) in [5.74, 6) is -0.492. The summed E-state index contributed by atoms with van der Waals surface area (Å²) in [5.41, 5.74) is 7.93. The van der Waals surface area contributed by atoms with Gasteiger partial charge in [0.2, 0.25) is 0 Å². The molecule has 1 aromatic heterocycles. The number of pyridine rings is 1. The Labute approximate surface area is 116 Å². The van der Waals surface area contributed by atoms with E-state index in [1.165, 1.54) is 6.07 Å². The number of benzene rings is 1. The highest BCUT2D eigenvalue weighted by Gasteiger charge is 2.12. The molecule has 0 spiro atoms. The van der Waals surface area contributed by atoms with Crippen LogP contribution in [0.25, 0.3) is 0 Å². The average Bonchev–Trinajstić information content (AvgIpc) is 2.36. The molecule has 1 aromatic carbocycles. The molecule has 0 saturated heterocycles. The molecule has 0 aliphatic heterocycles. The fraction of sp³-hybridized carbons (Fsp3) is 0.143. The summed E-state index contributed by atoms with van der Waals surface area (Å²) in [6, 6.07) is 10.2. The van der Waals surface area contributed by atoms with Crippen molar-refractivity contribution < 1.29 is 9.53 Å². The van der Waals surface area contributed by atoms with Crippen LogP contribution in [0.4, 0.5) is 5.69 Å². The zero-order valence-electron chi connectivity index (χ0n) is 10.4. The van der Waals surface area contributed by atoms with Gasteiger partial charge in [0.15, 0.2) is 0 Å². The number of rotatable bonds is 3. The third-order valence-electron chi connectivity index (χ3n) is 2.51. The molecule has 0 aliphatic carbocycles. The molecule has 1 heterocycles. The Morgan fingerprint density at radius 3 is 2.84 bits per heavy atom. The maximum Gasteiger partial charge on any atom is 0.340 e. The molecule has 0 unspecified atom stereocenters. The summed E-state index contributed by atoms with van der Waals surface area (Å²) in [7, 11) is 0. The molecular formula is C14H13ClN2O2. The van der Waals surface area contributed by atoms with E-state index in [0.29, 0.717) is 16.9 Å². The zero-order valence-corrected chi connectivity index (χ0v) is 11.1. The minimum Gasteiger partial charge on any atom is -0.456 e. The van der Waals surface area contributed by atoms with Crippen molar-refractivity contribution in [2.24, 2.45) is 0 Å². The van der Waals surface area contributed by atoms with Gasteiger partial charge < -0.3 is 10.5 Å². The first-order valence-electron chi connectivity index (χ1n) is 5.71. The lowest BCUT2D eigenvalue weighted by molar-refractivity contribution is 0.0468. The number of carbonyl (C=O) groups excluding carboxylic acids is 1. The van der Waals surface area contributed by atoms with Crippen molar-refractivity contribution in [1.29, 1.82) is 0 Å². The molecule has 2 rings (SSSR count). The summed E-state index contributed by atoms with van der Waals surface area (Å²) in [6.07, 6.45) is 0. The topological polar surface area (TPSA) is 65.2 Å². The van der Waals surface area contributed by atoms with Crippen molar-refractivity contribution in [3.63, 3.8) is 0 Å². The van der Waals surface area contributed by atoms with E-state index in [2.05, 4.69) is 4.98 Å². The van der Waals surface area contributed by atoms with Crippen LogP contribution in [0.2, 0.25) is 5.02 Å². The van der Waals surface area contributed by atoms with E-state index in [-0.39, 0.29) is 11.6 Å². The van der Waals surface area contributed by atoms with Crippen LogP contribution in [0.5, 0.6) is 0 Å². The Kier molecular flexibility index (Phi) is 4.02. The maximum atomic E-state index is 11.9. The number of hydrogen-bond donors (Lipinski definition) is 1. The van der Waals surface area contributed by atoms with Crippen molar-refractivity contribution >= 4 is 23.3 Å². The Morgan fingerprint density at radius 1 is 1.37 bits per heavy atom. The second kappa shape index (κ2) is 5.71. The molecule has 0 fully saturated rings. The molecular weight excluding hydrogens is 264 g/mol. The third kappa shape index (κ3) is 3.45. The van der Waals surface area contributed by atoms with Gasteiger partial charge in [0.05, 0.1) is 16.3 Å². The largest absolute Gasteiger partial charge is 0.456 e. The quantitative estimate of drug-likeness (QED) is 0.691. The standard InChI is InChI=1S/C14H13ClN2O2/c1-9-3-2-4-11(17-9)8-19-14(18)12-6-5-10(16)7-13(12)15/h2-7H,8,16H2,1H3. The van der Waals surface area contributed by atoms with Crippen LogP contribution in [0.15, 0.2) is 36.4 Å². The van der Waals surface area contributed by atoms with E-state index >= 15 is 0 Å². The minimum atomic E-state index is -0.492. The van der Waals surface area contributed by atoms with Crippen LogP contribution in [0.1, 0.15) is 21.7 Å². The maximum absolute atomic E-state index is 11.9. The van der Waals surface area contributed by atoms with Crippen molar-refractivity contribution in [3.8, 4) is 0 Å². The van der Waals surface area contributed by atoms with Gasteiger partial charge in [-0.1, -0.05) is 17.7 Å². The Hall–Kier alpha value is -2.07. The van der Waals surface area contributed by atoms with Gasteiger partial charge in [-0.3, -0.25) is 4.98 Å². The van der Waals surface area contributed by atoms with Crippen LogP contribution < -0.4 is 5.73 Å². The molecule has 0 saturated carbocycles. The van der Waals surface area contributed by atoms with Crippen LogP contribution in [-0.2, 0) is 11.3 Å². The van der Waals surface area contributed by atoms with Crippen LogP contribution in [0.3, 0.4) is 0 Å². The Morgan fingerprint density at radius 2 is 2.16 bits per heavy atom. The van der Waals surface area contributed by atoms with Gasteiger partial charge in [-0.2, -0.15) is 0 Å². The molecule has 0 radical (unpaired) electrons. The molecule has 19 heavy (non-hydrogen) atoms. The van der Waals surface area contributed by atoms with Gasteiger partial charge in [-0.05, 0) is 37.3 Å². The summed E-state index contributed by atoms with van der Waals surface area (Å²) in [6.45, 7) is 1.99. The number of aromatic nitrogens is 1. The molecule has 0 amide bonds. The van der Waals surface area contributed by atoms with E-state index in [9.17, 15) is 4.79 Å². The number of nitrogens with zero attached hydrogens (tertiary/aromatic N) is 1. The summed E-state index contributed by atoms with van der Waals surface area (Å²) < 4.78 is 5.16. The third-order valence-corrected chi connectivity index (χ3v) is 2.82. The van der Waals surface area contributed by atoms with Crippen molar-refractivity contribution in [2.45, 2.75) is 13.5 Å². The number of hydrogen-bond acceptors (Lipinski definition) is 4. The second-order valence-electron chi connectivity index (χ2n) is 4.09. The highest BCUT2D eigenvalue weighted by molar-refractivity contribution is 6.33. The van der Waals surface area contributed by atoms with Crippen LogP contribution in [0, 0.1) is 6.92 Å². The zero-order chi connectivity index (χ0) is 13.8. The number of anilines is 1. The van der Waals surface area contributed by atoms with E-state index < -0.39 is 5.97 Å². The van der Waals surface area contributed by atoms with E-state index in [0.717, 1.165) is 5.69 Å². The Bertz CT molecular complexity index is 614. The van der Waals surface area contributed by atoms with Gasteiger partial charge >= 0.3 is 5.97 Å². The van der Waals surface area contributed by atoms with E-state index in [4.69, 9.17) is 22.1 Å². The van der Waals surface area contributed by atoms with Crippen LogP contribution >= 0.6 is 11.6 Å². The van der Waals surface area contributed by atoms with E-state index in [1.54, 1.807) is 18.2 Å². The van der Waals surface area contributed by atoms with Gasteiger partial charge in [0, 0.05) is 11.4 Å². The monoisotopic (exact) mass is 276 g/mol. The molecule has 0 bridgehead atoms. The molecule has 5 heteroatoms. The number of esters is 1. The summed E-state index contributed by atoms with van der Waals surface area (Å²) in [4.78, 5) is 16.1. The number of halogens is 1.